The Morgan fingerprint density at radius 3 is 2.71 bits per heavy atom. The lowest BCUT2D eigenvalue weighted by Crippen LogP contribution is -2.31. The summed E-state index contributed by atoms with van der Waals surface area (Å²) in [6.45, 7) is 4.41. The predicted molar refractivity (Wildman–Crippen MR) is 74.4 cm³/mol. The molecule has 0 unspecified atom stereocenters. The Balaban J connectivity index is 1.82. The van der Waals surface area contributed by atoms with E-state index in [4.69, 9.17) is 11.6 Å². The van der Waals surface area contributed by atoms with Gasteiger partial charge in [0.05, 0.1) is 0 Å². The lowest BCUT2D eigenvalue weighted by atomic mass is 9.83. The fourth-order valence-electron chi connectivity index (χ4n) is 2.90. The maximum atomic E-state index is 5.98. The largest absolute Gasteiger partial charge is 0.312 e. The maximum Gasteiger partial charge on any atom is 0.0409 e. The van der Waals surface area contributed by atoms with E-state index in [1.54, 1.807) is 0 Å². The fraction of sp³-hybridized carbons (Fsp3) is 0.600. The first kappa shape index (κ1) is 12.9. The third-order valence-corrected chi connectivity index (χ3v) is 4.37. The van der Waals surface area contributed by atoms with Crippen LogP contribution >= 0.6 is 11.6 Å². The van der Waals surface area contributed by atoms with Gasteiger partial charge in [0.2, 0.25) is 0 Å². The summed E-state index contributed by atoms with van der Waals surface area (Å²) in [4.78, 5) is 0. The molecule has 1 nitrogen and oxygen atoms in total. The van der Waals surface area contributed by atoms with Crippen LogP contribution in [0.4, 0.5) is 0 Å². The Kier molecular flexibility index (Phi) is 4.47. The molecule has 0 bridgehead atoms. The van der Waals surface area contributed by atoms with E-state index in [0.717, 1.165) is 18.1 Å². The van der Waals surface area contributed by atoms with E-state index < -0.39 is 0 Å². The summed E-state index contributed by atoms with van der Waals surface area (Å²) in [5.74, 6) is 0. The quantitative estimate of drug-likeness (QED) is 0.818. The Morgan fingerprint density at radius 2 is 2.06 bits per heavy atom. The predicted octanol–water partition coefficient (Wildman–Crippen LogP) is 4.40. The lowest BCUT2D eigenvalue weighted by molar-refractivity contribution is 0.268. The second-order valence-corrected chi connectivity index (χ2v) is 5.73. The zero-order chi connectivity index (χ0) is 12.1. The molecular formula is C15H22ClN. The van der Waals surface area contributed by atoms with Crippen LogP contribution in [0.25, 0.3) is 0 Å². The van der Waals surface area contributed by atoms with Crippen molar-refractivity contribution in [3.63, 3.8) is 0 Å². The molecule has 1 fully saturated rings. The van der Waals surface area contributed by atoms with Gasteiger partial charge in [0.15, 0.2) is 0 Å². The van der Waals surface area contributed by atoms with Crippen LogP contribution in [0.1, 0.15) is 44.6 Å². The molecule has 0 saturated heterocycles. The molecule has 0 aromatic heterocycles. The molecule has 17 heavy (non-hydrogen) atoms. The molecule has 1 aromatic carbocycles. The van der Waals surface area contributed by atoms with E-state index in [-0.39, 0.29) is 0 Å². The summed E-state index contributed by atoms with van der Waals surface area (Å²) < 4.78 is 0. The molecule has 0 spiro atoms. The van der Waals surface area contributed by atoms with Crippen molar-refractivity contribution in [3.05, 3.63) is 34.9 Å². The van der Waals surface area contributed by atoms with Crippen molar-refractivity contribution in [1.82, 2.24) is 5.32 Å². The zero-order valence-electron chi connectivity index (χ0n) is 10.6. The molecule has 1 saturated carbocycles. The molecule has 2 heteroatoms. The molecule has 2 rings (SSSR count). The first-order chi connectivity index (χ1) is 8.24. The van der Waals surface area contributed by atoms with Gasteiger partial charge >= 0.3 is 0 Å². The van der Waals surface area contributed by atoms with Gasteiger partial charge in [-0.1, -0.05) is 43.5 Å². The van der Waals surface area contributed by atoms with Crippen LogP contribution < -0.4 is 5.32 Å². The van der Waals surface area contributed by atoms with Crippen LogP contribution in [0.3, 0.4) is 0 Å². The molecular weight excluding hydrogens is 230 g/mol. The van der Waals surface area contributed by atoms with Gasteiger partial charge in [-0.25, -0.2) is 0 Å². The van der Waals surface area contributed by atoms with Gasteiger partial charge in [0.1, 0.15) is 0 Å². The monoisotopic (exact) mass is 251 g/mol. The molecule has 1 aromatic rings. The summed E-state index contributed by atoms with van der Waals surface area (Å²) >= 11 is 5.98. The van der Waals surface area contributed by atoms with Crippen LogP contribution in [-0.2, 0) is 6.54 Å². The van der Waals surface area contributed by atoms with Gasteiger partial charge in [-0.2, -0.15) is 0 Å². The third kappa shape index (κ3) is 3.46. The minimum absolute atomic E-state index is 0.568. The average Bonchev–Trinajstić information content (AvgIpc) is 2.79. The molecule has 1 aliphatic carbocycles. The van der Waals surface area contributed by atoms with E-state index in [9.17, 15) is 0 Å². The Labute approximate surface area is 110 Å². The number of halogens is 1. The lowest BCUT2D eigenvalue weighted by Gasteiger charge is -2.27. The molecule has 0 radical (unpaired) electrons. The number of rotatable bonds is 5. The topological polar surface area (TPSA) is 12.0 Å². The highest BCUT2D eigenvalue weighted by molar-refractivity contribution is 6.30. The van der Waals surface area contributed by atoms with Crippen molar-refractivity contribution in [2.24, 2.45) is 5.41 Å². The van der Waals surface area contributed by atoms with Crippen LogP contribution in [0.2, 0.25) is 5.02 Å². The fourth-order valence-corrected chi connectivity index (χ4v) is 3.11. The van der Waals surface area contributed by atoms with E-state index in [2.05, 4.69) is 18.3 Å². The number of hydrogen-bond donors (Lipinski definition) is 1. The van der Waals surface area contributed by atoms with Crippen molar-refractivity contribution in [2.75, 3.05) is 6.54 Å². The summed E-state index contributed by atoms with van der Waals surface area (Å²) in [6, 6.07) is 8.12. The highest BCUT2D eigenvalue weighted by Gasteiger charge is 2.31. The van der Waals surface area contributed by atoms with E-state index >= 15 is 0 Å². The van der Waals surface area contributed by atoms with E-state index in [0.29, 0.717) is 5.41 Å². The second-order valence-electron chi connectivity index (χ2n) is 5.29. The first-order valence-corrected chi connectivity index (χ1v) is 7.07. The van der Waals surface area contributed by atoms with Gasteiger partial charge in [-0.3, -0.25) is 0 Å². The first-order valence-electron chi connectivity index (χ1n) is 6.69. The molecule has 1 aliphatic rings. The molecule has 0 aliphatic heterocycles. The average molecular weight is 252 g/mol. The van der Waals surface area contributed by atoms with Gasteiger partial charge in [0.25, 0.3) is 0 Å². The van der Waals surface area contributed by atoms with Gasteiger partial charge in [-0.15, -0.1) is 0 Å². The van der Waals surface area contributed by atoms with E-state index in [1.807, 2.05) is 18.2 Å². The van der Waals surface area contributed by atoms with Crippen LogP contribution in [0, 0.1) is 5.41 Å². The normalized spacial score (nSPS) is 18.5. The molecule has 0 atom stereocenters. The molecule has 94 valence electrons. The Hall–Kier alpha value is -0.530. The van der Waals surface area contributed by atoms with E-state index in [1.165, 1.54) is 37.7 Å². The van der Waals surface area contributed by atoms with Crippen molar-refractivity contribution >= 4 is 11.6 Å². The van der Waals surface area contributed by atoms with Crippen LogP contribution in [-0.4, -0.2) is 6.54 Å². The summed E-state index contributed by atoms with van der Waals surface area (Å²) in [5.41, 5.74) is 1.85. The summed E-state index contributed by atoms with van der Waals surface area (Å²) in [5, 5.41) is 4.43. The van der Waals surface area contributed by atoms with Crippen molar-refractivity contribution in [3.8, 4) is 0 Å². The zero-order valence-corrected chi connectivity index (χ0v) is 11.4. The van der Waals surface area contributed by atoms with Gasteiger partial charge < -0.3 is 5.32 Å². The van der Waals surface area contributed by atoms with Crippen molar-refractivity contribution in [1.29, 1.82) is 0 Å². The van der Waals surface area contributed by atoms with Crippen molar-refractivity contribution < 1.29 is 0 Å². The Bertz CT molecular complexity index is 356. The number of benzene rings is 1. The third-order valence-electron chi connectivity index (χ3n) is 4.13. The second kappa shape index (κ2) is 5.88. The highest BCUT2D eigenvalue weighted by Crippen LogP contribution is 2.40. The summed E-state index contributed by atoms with van der Waals surface area (Å²) in [7, 11) is 0. The van der Waals surface area contributed by atoms with Gasteiger partial charge in [0, 0.05) is 18.1 Å². The molecule has 0 amide bonds. The summed E-state index contributed by atoms with van der Waals surface area (Å²) in [6.07, 6.45) is 6.91. The van der Waals surface area contributed by atoms with Crippen molar-refractivity contribution in [2.45, 2.75) is 45.6 Å². The molecule has 1 N–H and O–H groups in total. The SMILES string of the molecule is CCC1(CNCc2cccc(Cl)c2)CCCC1. The Morgan fingerprint density at radius 1 is 1.29 bits per heavy atom. The standard InChI is InChI=1S/C15H22ClN/c1-2-15(8-3-4-9-15)12-17-11-13-6-5-7-14(16)10-13/h5-7,10,17H,2-4,8-9,11-12H2,1H3. The number of hydrogen-bond acceptors (Lipinski definition) is 1. The smallest absolute Gasteiger partial charge is 0.0409 e. The van der Waals surface area contributed by atoms with Crippen LogP contribution in [0.15, 0.2) is 24.3 Å². The number of nitrogens with one attached hydrogen (secondary N) is 1. The minimum atomic E-state index is 0.568. The van der Waals surface area contributed by atoms with Gasteiger partial charge in [-0.05, 0) is 42.4 Å². The van der Waals surface area contributed by atoms with Crippen LogP contribution in [0.5, 0.6) is 0 Å². The maximum absolute atomic E-state index is 5.98. The highest BCUT2D eigenvalue weighted by atomic mass is 35.5. The molecule has 0 heterocycles. The minimum Gasteiger partial charge on any atom is -0.312 e.